The lowest BCUT2D eigenvalue weighted by Gasteiger charge is -2.22. The Morgan fingerprint density at radius 2 is 1.74 bits per heavy atom. The normalized spacial score (nSPS) is 16.6. The van der Waals surface area contributed by atoms with Crippen LogP contribution in [0.25, 0.3) is 5.76 Å². The predicted octanol–water partition coefficient (Wildman–Crippen LogP) is 6.90. The molecular weight excluding hydrogens is 554 g/mol. The molecule has 3 aromatic carbocycles. The molecule has 198 valence electrons. The third kappa shape index (κ3) is 5.71. The third-order valence-corrected chi connectivity index (χ3v) is 8.54. The van der Waals surface area contributed by atoms with Crippen molar-refractivity contribution < 1.29 is 19.4 Å². The van der Waals surface area contributed by atoms with Crippen molar-refractivity contribution in [2.24, 2.45) is 0 Å². The van der Waals surface area contributed by atoms with E-state index in [2.05, 4.69) is 10.2 Å². The molecule has 0 bridgehead atoms. The molecule has 1 aromatic heterocycles. The van der Waals surface area contributed by atoms with E-state index in [0.717, 1.165) is 12.0 Å². The maximum absolute atomic E-state index is 13.4. The molecule has 1 amide bonds. The van der Waals surface area contributed by atoms with E-state index in [9.17, 15) is 14.7 Å². The summed E-state index contributed by atoms with van der Waals surface area (Å²) < 4.78 is 6.25. The summed E-state index contributed by atoms with van der Waals surface area (Å²) >= 11 is 8.93. The number of benzene rings is 3. The number of ketones is 1. The minimum atomic E-state index is -0.864. The van der Waals surface area contributed by atoms with Crippen LogP contribution >= 0.6 is 34.7 Å². The zero-order chi connectivity index (χ0) is 27.4. The van der Waals surface area contributed by atoms with Crippen LogP contribution in [0.1, 0.15) is 36.1 Å². The first-order chi connectivity index (χ1) is 19.0. The van der Waals surface area contributed by atoms with Gasteiger partial charge in [0.1, 0.15) is 11.5 Å². The number of carbonyl (C=O) groups is 2. The Bertz CT molecular complexity index is 1520. The second-order valence-corrected chi connectivity index (χ2v) is 11.3. The van der Waals surface area contributed by atoms with Gasteiger partial charge in [0, 0.05) is 16.3 Å². The smallest absolute Gasteiger partial charge is 0.301 e. The monoisotopic (exact) mass is 577 g/mol. The number of carbonyl (C=O) groups excluding carboxylic acids is 2. The van der Waals surface area contributed by atoms with E-state index in [4.69, 9.17) is 16.3 Å². The lowest BCUT2D eigenvalue weighted by atomic mass is 9.95. The standard InChI is InChI=1S/C29H24ClN3O4S2/c1-2-16-37-21-14-12-19(13-15-21)25(34)23-24(18-8-4-3-5-9-18)33(27(36)26(23)35)28-31-32-29(39-28)38-17-20-10-6-7-11-22(20)30/h3-15,24,34H,2,16-17H2,1H3/b25-23-. The number of thioether (sulfide) groups is 1. The van der Waals surface area contributed by atoms with Crippen LogP contribution in [0.15, 0.2) is 88.8 Å². The van der Waals surface area contributed by atoms with Gasteiger partial charge in [0.2, 0.25) is 5.13 Å². The summed E-state index contributed by atoms with van der Waals surface area (Å²) in [5, 5.41) is 20.7. The molecule has 1 unspecified atom stereocenters. The van der Waals surface area contributed by atoms with Crippen molar-refractivity contribution in [2.45, 2.75) is 29.5 Å². The molecule has 0 spiro atoms. The third-order valence-electron chi connectivity index (χ3n) is 6.07. The largest absolute Gasteiger partial charge is 0.507 e. The molecule has 0 radical (unpaired) electrons. The lowest BCUT2D eigenvalue weighted by molar-refractivity contribution is -0.132. The molecule has 7 nitrogen and oxygen atoms in total. The molecule has 2 heterocycles. The number of anilines is 1. The highest BCUT2D eigenvalue weighted by atomic mass is 35.5. The number of aromatic nitrogens is 2. The van der Waals surface area contributed by atoms with Crippen LogP contribution in [0, 0.1) is 0 Å². The van der Waals surface area contributed by atoms with Crippen LogP contribution in [-0.4, -0.2) is 33.6 Å². The molecule has 1 aliphatic rings. The van der Waals surface area contributed by atoms with E-state index in [1.54, 1.807) is 24.3 Å². The Balaban J connectivity index is 1.49. The van der Waals surface area contributed by atoms with Crippen molar-refractivity contribution in [2.75, 3.05) is 11.5 Å². The maximum Gasteiger partial charge on any atom is 0.301 e. The Morgan fingerprint density at radius 1 is 1.03 bits per heavy atom. The van der Waals surface area contributed by atoms with Crippen LogP contribution in [-0.2, 0) is 15.3 Å². The highest BCUT2D eigenvalue weighted by molar-refractivity contribution is 8.00. The second kappa shape index (κ2) is 12.0. The molecule has 1 N–H and O–H groups in total. The molecule has 1 saturated heterocycles. The van der Waals surface area contributed by atoms with Gasteiger partial charge in [-0.15, -0.1) is 10.2 Å². The van der Waals surface area contributed by atoms with Crippen molar-refractivity contribution in [1.29, 1.82) is 0 Å². The van der Waals surface area contributed by atoms with Gasteiger partial charge in [-0.25, -0.2) is 0 Å². The number of aliphatic hydroxyl groups excluding tert-OH is 1. The van der Waals surface area contributed by atoms with Crippen molar-refractivity contribution in [3.05, 3.63) is 106 Å². The van der Waals surface area contributed by atoms with Gasteiger partial charge >= 0.3 is 5.91 Å². The van der Waals surface area contributed by atoms with Crippen LogP contribution in [0.2, 0.25) is 5.02 Å². The van der Waals surface area contributed by atoms with E-state index in [-0.39, 0.29) is 16.5 Å². The number of rotatable bonds is 9. The summed E-state index contributed by atoms with van der Waals surface area (Å²) in [5.41, 5.74) is 2.03. The topological polar surface area (TPSA) is 92.6 Å². The first-order valence-electron chi connectivity index (χ1n) is 12.3. The van der Waals surface area contributed by atoms with Gasteiger partial charge in [-0.1, -0.05) is 90.2 Å². The van der Waals surface area contributed by atoms with E-state index < -0.39 is 17.7 Å². The Morgan fingerprint density at radius 3 is 2.46 bits per heavy atom. The molecule has 1 atom stereocenters. The minimum absolute atomic E-state index is 0.00565. The van der Waals surface area contributed by atoms with E-state index in [0.29, 0.717) is 38.6 Å². The SMILES string of the molecule is CCCOc1ccc(/C(O)=C2/C(=O)C(=O)N(c3nnc(SCc4ccccc4Cl)s3)C2c2ccccc2)cc1. The molecule has 0 saturated carbocycles. The quantitative estimate of drug-likeness (QED) is 0.0760. The average molecular weight is 578 g/mol. The molecule has 4 aromatic rings. The predicted molar refractivity (Wildman–Crippen MR) is 154 cm³/mol. The summed E-state index contributed by atoms with van der Waals surface area (Å²) in [6.45, 7) is 2.59. The fourth-order valence-corrected chi connectivity index (χ4v) is 6.33. The number of aliphatic hydroxyl groups is 1. The molecule has 1 aliphatic heterocycles. The molecule has 10 heteroatoms. The second-order valence-electron chi connectivity index (χ2n) is 8.68. The van der Waals surface area contributed by atoms with E-state index >= 15 is 0 Å². The number of nitrogens with zero attached hydrogens (tertiary/aromatic N) is 3. The molecule has 0 aliphatic carbocycles. The van der Waals surface area contributed by atoms with Crippen molar-refractivity contribution in [3.8, 4) is 5.75 Å². The van der Waals surface area contributed by atoms with Crippen molar-refractivity contribution in [1.82, 2.24) is 10.2 Å². The van der Waals surface area contributed by atoms with Crippen molar-refractivity contribution >= 4 is 57.3 Å². The van der Waals surface area contributed by atoms with Gasteiger partial charge in [-0.3, -0.25) is 14.5 Å². The van der Waals surface area contributed by atoms with Crippen LogP contribution < -0.4 is 9.64 Å². The number of hydrogen-bond acceptors (Lipinski definition) is 8. The fourth-order valence-electron chi connectivity index (χ4n) is 4.18. The fraction of sp³-hybridized carbons (Fsp3) is 0.172. The van der Waals surface area contributed by atoms with Gasteiger partial charge < -0.3 is 9.84 Å². The summed E-state index contributed by atoms with van der Waals surface area (Å²) in [6, 6.07) is 22.6. The number of hydrogen-bond donors (Lipinski definition) is 1. The summed E-state index contributed by atoms with van der Waals surface area (Å²) in [5.74, 6) is -0.582. The van der Waals surface area contributed by atoms with Crippen LogP contribution in [0.5, 0.6) is 5.75 Å². The summed E-state index contributed by atoms with van der Waals surface area (Å²) in [7, 11) is 0. The maximum atomic E-state index is 13.4. The first-order valence-corrected chi connectivity index (χ1v) is 14.4. The van der Waals surface area contributed by atoms with Gasteiger partial charge in [-0.2, -0.15) is 0 Å². The van der Waals surface area contributed by atoms with Crippen molar-refractivity contribution in [3.63, 3.8) is 0 Å². The van der Waals surface area contributed by atoms with Crippen LogP contribution in [0.4, 0.5) is 5.13 Å². The van der Waals surface area contributed by atoms with Gasteiger partial charge in [0.15, 0.2) is 4.34 Å². The molecular formula is C29H24ClN3O4S2. The summed E-state index contributed by atoms with van der Waals surface area (Å²) in [4.78, 5) is 28.0. The first kappa shape index (κ1) is 26.9. The lowest BCUT2D eigenvalue weighted by Crippen LogP contribution is -2.29. The van der Waals surface area contributed by atoms with Crippen LogP contribution in [0.3, 0.4) is 0 Å². The Kier molecular flexibility index (Phi) is 8.30. The number of amides is 1. The number of halogens is 1. The van der Waals surface area contributed by atoms with Gasteiger partial charge in [0.25, 0.3) is 5.78 Å². The zero-order valence-electron chi connectivity index (χ0n) is 20.9. The average Bonchev–Trinajstić information content (AvgIpc) is 3.53. The molecule has 1 fully saturated rings. The molecule has 39 heavy (non-hydrogen) atoms. The van der Waals surface area contributed by atoms with E-state index in [1.807, 2.05) is 61.5 Å². The zero-order valence-corrected chi connectivity index (χ0v) is 23.3. The molecule has 5 rings (SSSR count). The van der Waals surface area contributed by atoms with E-state index in [1.165, 1.54) is 28.0 Å². The van der Waals surface area contributed by atoms with Gasteiger partial charge in [0.05, 0.1) is 18.2 Å². The number of Topliss-reactive ketones (excluding diaryl/α,β-unsaturated/α-hetero) is 1. The highest BCUT2D eigenvalue weighted by Crippen LogP contribution is 2.44. The minimum Gasteiger partial charge on any atom is -0.507 e. The number of ether oxygens (including phenoxy) is 1. The van der Waals surface area contributed by atoms with Gasteiger partial charge in [-0.05, 0) is 47.9 Å². The highest BCUT2D eigenvalue weighted by Gasteiger charge is 2.48. The Hall–Kier alpha value is -3.66. The Labute approximate surface area is 239 Å². The summed E-state index contributed by atoms with van der Waals surface area (Å²) in [6.07, 6.45) is 0.869.